The van der Waals surface area contributed by atoms with Crippen molar-refractivity contribution in [1.29, 1.82) is 0 Å². The van der Waals surface area contributed by atoms with Crippen molar-refractivity contribution in [3.63, 3.8) is 0 Å². The smallest absolute Gasteiger partial charge is 0.152 e. The molecule has 4 nitrogen and oxygen atoms in total. The van der Waals surface area contributed by atoms with Gasteiger partial charge in [-0.05, 0) is 71.8 Å². The maximum absolute atomic E-state index is 6.48. The standard InChI is InChI=1S/C42H24N2O2/c1-4-12-33-28(8-1)30-11-7-15-39-41(30)44(33)36-24-26(18-23-38(36)45-39)25-16-19-27(20-17-25)43-34-13-5-2-10-32(34)40-35(43)22-21-31-29-9-3-6-14-37(29)46-42(31)40/h1-24H. The van der Waals surface area contributed by atoms with Crippen molar-refractivity contribution in [3.8, 4) is 34.0 Å². The van der Waals surface area contributed by atoms with Gasteiger partial charge in [0.05, 0.1) is 33.1 Å². The van der Waals surface area contributed by atoms with Crippen molar-refractivity contribution >= 4 is 65.6 Å². The molecule has 46 heavy (non-hydrogen) atoms. The first-order valence-corrected chi connectivity index (χ1v) is 15.6. The third kappa shape index (κ3) is 3.07. The van der Waals surface area contributed by atoms with Gasteiger partial charge in [-0.25, -0.2) is 0 Å². The van der Waals surface area contributed by atoms with E-state index in [1.807, 2.05) is 12.1 Å². The Labute approximate surface area is 262 Å². The van der Waals surface area contributed by atoms with Gasteiger partial charge in [-0.2, -0.15) is 0 Å². The van der Waals surface area contributed by atoms with Crippen LogP contribution in [-0.2, 0) is 0 Å². The van der Waals surface area contributed by atoms with Crippen LogP contribution in [-0.4, -0.2) is 9.13 Å². The molecule has 4 heteroatoms. The zero-order valence-corrected chi connectivity index (χ0v) is 24.6. The number of aromatic nitrogens is 2. The number of ether oxygens (including phenoxy) is 1. The molecule has 0 N–H and O–H groups in total. The molecule has 0 saturated carbocycles. The fraction of sp³-hybridized carbons (Fsp3) is 0. The molecule has 0 aliphatic carbocycles. The molecule has 0 amide bonds. The van der Waals surface area contributed by atoms with Gasteiger partial charge in [-0.1, -0.05) is 84.9 Å². The lowest BCUT2D eigenvalue weighted by Crippen LogP contribution is -2.04. The Morgan fingerprint density at radius 2 is 1.15 bits per heavy atom. The van der Waals surface area contributed by atoms with Crippen molar-refractivity contribution in [2.24, 2.45) is 0 Å². The van der Waals surface area contributed by atoms with Crippen molar-refractivity contribution in [2.75, 3.05) is 0 Å². The second-order valence-corrected chi connectivity index (χ2v) is 12.1. The Kier molecular flexibility index (Phi) is 4.55. The first-order valence-electron chi connectivity index (χ1n) is 15.6. The van der Waals surface area contributed by atoms with Gasteiger partial charge < -0.3 is 18.3 Å². The molecule has 10 aromatic rings. The number of fused-ring (bicyclic) bond motifs is 12. The SMILES string of the molecule is c1ccc2c(c1)oc1c2ccc2c1c1ccccc1n2-c1ccc(-c2ccc3c(c2)-n2c4ccccc4c4cccc(c42)O3)cc1. The third-order valence-corrected chi connectivity index (χ3v) is 9.72. The summed E-state index contributed by atoms with van der Waals surface area (Å²) in [7, 11) is 0. The molecule has 0 spiro atoms. The van der Waals surface area contributed by atoms with Crippen LogP contribution in [0.3, 0.4) is 0 Å². The molecule has 3 aromatic heterocycles. The molecular weight excluding hydrogens is 564 g/mol. The monoisotopic (exact) mass is 588 g/mol. The van der Waals surface area contributed by atoms with E-state index in [1.54, 1.807) is 0 Å². The number of nitrogens with zero attached hydrogens (tertiary/aromatic N) is 2. The molecule has 7 aromatic carbocycles. The van der Waals surface area contributed by atoms with Crippen LogP contribution in [0.25, 0.3) is 88.1 Å². The molecule has 0 saturated heterocycles. The molecule has 0 bridgehead atoms. The average molecular weight is 589 g/mol. The summed E-state index contributed by atoms with van der Waals surface area (Å²) in [5.41, 5.74) is 10.9. The maximum atomic E-state index is 6.48. The molecule has 0 fully saturated rings. The minimum absolute atomic E-state index is 0.865. The van der Waals surface area contributed by atoms with E-state index in [0.29, 0.717) is 0 Å². The Bertz CT molecular complexity index is 2880. The Hall–Kier alpha value is -6.26. The van der Waals surface area contributed by atoms with E-state index in [0.717, 1.165) is 77.9 Å². The molecule has 214 valence electrons. The first-order chi connectivity index (χ1) is 22.8. The minimum atomic E-state index is 0.865. The van der Waals surface area contributed by atoms with Crippen LogP contribution in [0.4, 0.5) is 0 Å². The van der Waals surface area contributed by atoms with Crippen molar-refractivity contribution < 1.29 is 9.15 Å². The highest BCUT2D eigenvalue weighted by Crippen LogP contribution is 2.46. The highest BCUT2D eigenvalue weighted by atomic mass is 16.5. The number of furan rings is 1. The van der Waals surface area contributed by atoms with E-state index in [2.05, 4.69) is 143 Å². The van der Waals surface area contributed by atoms with Crippen molar-refractivity contribution in [1.82, 2.24) is 9.13 Å². The van der Waals surface area contributed by atoms with E-state index >= 15 is 0 Å². The number of rotatable bonds is 2. The highest BCUT2D eigenvalue weighted by molar-refractivity contribution is 6.23. The number of para-hydroxylation sites is 4. The number of hydrogen-bond acceptors (Lipinski definition) is 2. The Balaban J connectivity index is 1.08. The summed E-state index contributed by atoms with van der Waals surface area (Å²) in [5, 5.41) is 7.07. The van der Waals surface area contributed by atoms with Crippen LogP contribution < -0.4 is 4.74 Å². The van der Waals surface area contributed by atoms with Gasteiger partial charge in [0.15, 0.2) is 11.5 Å². The predicted molar refractivity (Wildman–Crippen MR) is 188 cm³/mol. The fourth-order valence-electron chi connectivity index (χ4n) is 7.71. The summed E-state index contributed by atoms with van der Waals surface area (Å²) < 4.78 is 17.6. The molecule has 1 aliphatic rings. The maximum Gasteiger partial charge on any atom is 0.152 e. The summed E-state index contributed by atoms with van der Waals surface area (Å²) in [6, 6.07) is 51.6. The van der Waals surface area contributed by atoms with Gasteiger partial charge in [0.25, 0.3) is 0 Å². The molecular formula is C42H24N2O2. The van der Waals surface area contributed by atoms with Gasteiger partial charge in [0, 0.05) is 32.6 Å². The molecule has 4 heterocycles. The van der Waals surface area contributed by atoms with Gasteiger partial charge in [0.1, 0.15) is 11.2 Å². The van der Waals surface area contributed by atoms with E-state index in [9.17, 15) is 0 Å². The summed E-state index contributed by atoms with van der Waals surface area (Å²) in [6.45, 7) is 0. The van der Waals surface area contributed by atoms with E-state index in [1.165, 1.54) is 21.7 Å². The molecule has 0 radical (unpaired) electrons. The van der Waals surface area contributed by atoms with Crippen molar-refractivity contribution in [3.05, 3.63) is 146 Å². The van der Waals surface area contributed by atoms with E-state index in [-0.39, 0.29) is 0 Å². The molecule has 0 unspecified atom stereocenters. The second kappa shape index (κ2) is 8.68. The Morgan fingerprint density at radius 3 is 2.02 bits per heavy atom. The quantitative estimate of drug-likeness (QED) is 0.201. The van der Waals surface area contributed by atoms with Crippen LogP contribution in [0.15, 0.2) is 150 Å². The highest BCUT2D eigenvalue weighted by Gasteiger charge is 2.24. The molecule has 0 atom stereocenters. The van der Waals surface area contributed by atoms with E-state index in [4.69, 9.17) is 9.15 Å². The molecule has 11 rings (SSSR count). The predicted octanol–water partition coefficient (Wildman–Crippen LogP) is 11.6. The van der Waals surface area contributed by atoms with E-state index < -0.39 is 0 Å². The molecule has 1 aliphatic heterocycles. The summed E-state index contributed by atoms with van der Waals surface area (Å²) in [5.74, 6) is 1.76. The topological polar surface area (TPSA) is 32.2 Å². The fourth-order valence-corrected chi connectivity index (χ4v) is 7.71. The lowest BCUT2D eigenvalue weighted by atomic mass is 10.0. The Morgan fingerprint density at radius 1 is 0.435 bits per heavy atom. The third-order valence-electron chi connectivity index (χ3n) is 9.72. The van der Waals surface area contributed by atoms with Crippen LogP contribution in [0.2, 0.25) is 0 Å². The van der Waals surface area contributed by atoms with Crippen LogP contribution in [0.1, 0.15) is 0 Å². The van der Waals surface area contributed by atoms with Crippen LogP contribution >= 0.6 is 0 Å². The van der Waals surface area contributed by atoms with Crippen LogP contribution in [0, 0.1) is 0 Å². The van der Waals surface area contributed by atoms with Gasteiger partial charge in [-0.3, -0.25) is 0 Å². The van der Waals surface area contributed by atoms with Crippen LogP contribution in [0.5, 0.6) is 11.5 Å². The normalized spacial score (nSPS) is 12.5. The number of hydrogen-bond donors (Lipinski definition) is 0. The lowest BCUT2D eigenvalue weighted by Gasteiger charge is -2.21. The number of benzene rings is 7. The summed E-state index contributed by atoms with van der Waals surface area (Å²) in [6.07, 6.45) is 0. The first kappa shape index (κ1) is 24.1. The largest absolute Gasteiger partial charge is 0.455 e. The van der Waals surface area contributed by atoms with Gasteiger partial charge in [-0.15, -0.1) is 0 Å². The zero-order valence-electron chi connectivity index (χ0n) is 24.6. The summed E-state index contributed by atoms with van der Waals surface area (Å²) in [4.78, 5) is 0. The summed E-state index contributed by atoms with van der Waals surface area (Å²) >= 11 is 0. The van der Waals surface area contributed by atoms with Gasteiger partial charge in [0.2, 0.25) is 0 Å². The van der Waals surface area contributed by atoms with Gasteiger partial charge >= 0.3 is 0 Å². The zero-order chi connectivity index (χ0) is 29.9. The minimum Gasteiger partial charge on any atom is -0.455 e. The second-order valence-electron chi connectivity index (χ2n) is 12.1. The lowest BCUT2D eigenvalue weighted by molar-refractivity contribution is 0.476. The van der Waals surface area contributed by atoms with Crippen molar-refractivity contribution in [2.45, 2.75) is 0 Å². The average Bonchev–Trinajstić information content (AvgIpc) is 3.77.